The van der Waals surface area contributed by atoms with Crippen molar-refractivity contribution in [2.45, 2.75) is 50.0 Å². The minimum absolute atomic E-state index is 0.0689. The lowest BCUT2D eigenvalue weighted by atomic mass is 9.87. The van der Waals surface area contributed by atoms with Gasteiger partial charge in [-0.2, -0.15) is 0 Å². The second-order valence-corrected chi connectivity index (χ2v) is 12.8. The van der Waals surface area contributed by atoms with Crippen molar-refractivity contribution in [3.8, 4) is 11.1 Å². The highest BCUT2D eigenvalue weighted by molar-refractivity contribution is 7.92. The first kappa shape index (κ1) is 27.7. The Hall–Kier alpha value is -3.88. The molecule has 5 rings (SSSR count). The van der Waals surface area contributed by atoms with Crippen molar-refractivity contribution in [2.75, 3.05) is 17.9 Å². The van der Waals surface area contributed by atoms with Crippen LogP contribution in [0, 0.1) is 0 Å². The summed E-state index contributed by atoms with van der Waals surface area (Å²) in [5.41, 5.74) is 4.89. The van der Waals surface area contributed by atoms with E-state index in [0.29, 0.717) is 18.9 Å². The molecule has 1 aliphatic heterocycles. The predicted molar refractivity (Wildman–Crippen MR) is 161 cm³/mol. The van der Waals surface area contributed by atoms with Crippen LogP contribution < -0.4 is 10.0 Å². The summed E-state index contributed by atoms with van der Waals surface area (Å²) in [7, 11) is -3.79. The molecule has 8 heteroatoms. The predicted octanol–water partition coefficient (Wildman–Crippen LogP) is 6.24. The molecule has 0 bridgehead atoms. The van der Waals surface area contributed by atoms with E-state index < -0.39 is 10.0 Å². The summed E-state index contributed by atoms with van der Waals surface area (Å²) in [6, 6.07) is 22.4. The van der Waals surface area contributed by atoms with Crippen LogP contribution in [0.25, 0.3) is 28.1 Å². The lowest BCUT2D eigenvalue weighted by Gasteiger charge is -2.22. The van der Waals surface area contributed by atoms with Crippen molar-refractivity contribution in [1.82, 2.24) is 10.3 Å². The summed E-state index contributed by atoms with van der Waals surface area (Å²) in [5.74, 6) is -0.157. The van der Waals surface area contributed by atoms with Crippen molar-refractivity contribution in [3.63, 3.8) is 0 Å². The van der Waals surface area contributed by atoms with E-state index in [1.807, 2.05) is 54.6 Å². The van der Waals surface area contributed by atoms with E-state index >= 15 is 0 Å². The van der Waals surface area contributed by atoms with E-state index in [-0.39, 0.29) is 22.3 Å². The number of sulfonamides is 1. The summed E-state index contributed by atoms with van der Waals surface area (Å²) >= 11 is 0. The summed E-state index contributed by atoms with van der Waals surface area (Å²) in [4.78, 5) is 16.2. The minimum atomic E-state index is -3.79. The van der Waals surface area contributed by atoms with E-state index in [2.05, 4.69) is 35.8 Å². The van der Waals surface area contributed by atoms with Gasteiger partial charge in [-0.3, -0.25) is 9.52 Å². The van der Waals surface area contributed by atoms with Crippen LogP contribution in [0.15, 0.2) is 83.8 Å². The zero-order valence-electron chi connectivity index (χ0n) is 23.0. The Morgan fingerprint density at radius 1 is 0.975 bits per heavy atom. The minimum Gasteiger partial charge on any atom is -0.381 e. The van der Waals surface area contributed by atoms with E-state index in [1.165, 1.54) is 6.08 Å². The van der Waals surface area contributed by atoms with Crippen LogP contribution in [0.1, 0.15) is 44.9 Å². The maximum absolute atomic E-state index is 13.2. The van der Waals surface area contributed by atoms with Gasteiger partial charge in [-0.25, -0.2) is 8.42 Å². The molecule has 0 saturated carbocycles. The number of carbonyl (C=O) groups is 1. The molecule has 40 heavy (non-hydrogen) atoms. The average molecular weight is 558 g/mol. The topological polar surface area (TPSA) is 100 Å². The highest BCUT2D eigenvalue weighted by atomic mass is 32.2. The number of nitrogens with one attached hydrogen (secondary N) is 3. The Bertz CT molecular complexity index is 1630. The van der Waals surface area contributed by atoms with Crippen molar-refractivity contribution < 1.29 is 17.9 Å². The molecule has 1 aliphatic rings. The highest BCUT2D eigenvalue weighted by Gasteiger charge is 2.20. The third-order valence-electron chi connectivity index (χ3n) is 7.14. The second-order valence-electron chi connectivity index (χ2n) is 11.1. The fraction of sp³-hybridized carbons (Fsp3) is 0.281. The molecule has 0 atom stereocenters. The molecule has 0 aliphatic carbocycles. The largest absolute Gasteiger partial charge is 0.381 e. The number of rotatable bonds is 7. The number of anilines is 1. The van der Waals surface area contributed by atoms with Gasteiger partial charge in [0.05, 0.1) is 4.90 Å². The number of amides is 1. The summed E-state index contributed by atoms with van der Waals surface area (Å²) in [6.45, 7) is 7.58. The van der Waals surface area contributed by atoms with Crippen LogP contribution >= 0.6 is 0 Å². The van der Waals surface area contributed by atoms with Gasteiger partial charge in [-0.1, -0.05) is 63.2 Å². The zero-order valence-corrected chi connectivity index (χ0v) is 23.8. The monoisotopic (exact) mass is 557 g/mol. The Balaban J connectivity index is 1.45. The number of hydrogen-bond donors (Lipinski definition) is 3. The maximum Gasteiger partial charge on any atom is 0.261 e. The summed E-state index contributed by atoms with van der Waals surface area (Å²) < 4.78 is 34.5. The average Bonchev–Trinajstić information content (AvgIpc) is 3.30. The maximum atomic E-state index is 13.2. The molecule has 7 nitrogen and oxygen atoms in total. The number of fused-ring (bicyclic) bond motifs is 1. The first-order valence-electron chi connectivity index (χ1n) is 13.5. The van der Waals surface area contributed by atoms with E-state index in [4.69, 9.17) is 4.74 Å². The summed E-state index contributed by atoms with van der Waals surface area (Å²) in [5, 5.41) is 3.89. The lowest BCUT2D eigenvalue weighted by molar-refractivity contribution is -0.117. The van der Waals surface area contributed by atoms with Crippen LogP contribution in [0.2, 0.25) is 0 Å². The van der Waals surface area contributed by atoms with Crippen molar-refractivity contribution in [3.05, 3.63) is 90.1 Å². The Morgan fingerprint density at radius 3 is 2.35 bits per heavy atom. The second kappa shape index (κ2) is 11.3. The van der Waals surface area contributed by atoms with E-state index in [9.17, 15) is 13.2 Å². The van der Waals surface area contributed by atoms with Gasteiger partial charge >= 0.3 is 0 Å². The molecule has 3 aromatic carbocycles. The molecule has 0 radical (unpaired) electrons. The van der Waals surface area contributed by atoms with Crippen molar-refractivity contribution in [2.24, 2.45) is 0 Å². The summed E-state index contributed by atoms with van der Waals surface area (Å²) in [6.07, 6.45) is 4.93. The number of hydrogen-bond acceptors (Lipinski definition) is 4. The zero-order chi connectivity index (χ0) is 28.3. The van der Waals surface area contributed by atoms with Crippen molar-refractivity contribution in [1.29, 1.82) is 0 Å². The molecule has 208 valence electrons. The van der Waals surface area contributed by atoms with Gasteiger partial charge < -0.3 is 15.0 Å². The third-order valence-corrected chi connectivity index (χ3v) is 8.54. The SMILES string of the molecule is CC(C)(C)c1ccc(S(=O)(=O)Nc2ccc3[nH]c(C=CC(=O)NC4CCOCC4)c(-c4ccccc4)c3c2)cc1. The van der Waals surface area contributed by atoms with E-state index in [1.54, 1.807) is 24.3 Å². The van der Waals surface area contributed by atoms with Gasteiger partial charge in [0.1, 0.15) is 0 Å². The fourth-order valence-electron chi connectivity index (χ4n) is 4.92. The molecule has 1 saturated heterocycles. The molecule has 1 amide bonds. The van der Waals surface area contributed by atoms with Gasteiger partial charge in [-0.15, -0.1) is 0 Å². The van der Waals surface area contributed by atoms with Crippen molar-refractivity contribution >= 4 is 38.6 Å². The highest BCUT2D eigenvalue weighted by Crippen LogP contribution is 2.35. The molecule has 3 N–H and O–H groups in total. The number of aromatic amines is 1. The van der Waals surface area contributed by atoms with Crippen LogP contribution in [0.3, 0.4) is 0 Å². The van der Waals surface area contributed by atoms with Gasteiger partial charge in [0, 0.05) is 53.2 Å². The van der Waals surface area contributed by atoms with Gasteiger partial charge in [0.15, 0.2) is 0 Å². The molecule has 1 aromatic heterocycles. The van der Waals surface area contributed by atoms with E-state index in [0.717, 1.165) is 46.1 Å². The first-order valence-corrected chi connectivity index (χ1v) is 15.0. The van der Waals surface area contributed by atoms with Crippen LogP contribution in [-0.4, -0.2) is 38.6 Å². The van der Waals surface area contributed by atoms with Gasteiger partial charge in [0.25, 0.3) is 10.0 Å². The number of benzene rings is 3. The van der Waals surface area contributed by atoms with Gasteiger partial charge in [-0.05, 0) is 65.8 Å². The third kappa shape index (κ3) is 6.29. The van der Waals surface area contributed by atoms with Crippen LogP contribution in [0.5, 0.6) is 0 Å². The Kier molecular flexibility index (Phi) is 7.83. The molecular weight excluding hydrogens is 522 g/mol. The van der Waals surface area contributed by atoms with Crippen LogP contribution in [-0.2, 0) is 25.0 Å². The standard InChI is InChI=1S/C32H35N3O4S/c1-32(2,3)23-9-12-26(13-10-23)40(37,38)35-25-11-14-28-27(21-25)31(22-7-5-4-6-8-22)29(34-28)15-16-30(36)33-24-17-19-39-20-18-24/h4-16,21,24,34-35H,17-20H2,1-3H3,(H,33,36). The smallest absolute Gasteiger partial charge is 0.261 e. The normalized spacial score (nSPS) is 15.0. The molecule has 1 fully saturated rings. The Morgan fingerprint density at radius 2 is 1.68 bits per heavy atom. The lowest BCUT2D eigenvalue weighted by Crippen LogP contribution is -2.37. The first-order chi connectivity index (χ1) is 19.1. The number of H-pyrrole nitrogens is 1. The molecular formula is C32H35N3O4S. The molecule has 4 aromatic rings. The number of ether oxygens (including phenoxy) is 1. The Labute approximate surface area is 235 Å². The number of carbonyl (C=O) groups excluding carboxylic acids is 1. The quantitative estimate of drug-likeness (QED) is 0.234. The molecule has 0 unspecified atom stereocenters. The molecule has 2 heterocycles. The van der Waals surface area contributed by atoms with Gasteiger partial charge in [0.2, 0.25) is 5.91 Å². The molecule has 0 spiro atoms. The number of aromatic nitrogens is 1. The van der Waals surface area contributed by atoms with Crippen LogP contribution in [0.4, 0.5) is 5.69 Å². The fourth-order valence-corrected chi connectivity index (χ4v) is 5.96.